The Morgan fingerprint density at radius 1 is 1.32 bits per heavy atom. The summed E-state index contributed by atoms with van der Waals surface area (Å²) in [5.41, 5.74) is 1.82. The second-order valence-corrected chi connectivity index (χ2v) is 5.03. The van der Waals surface area contributed by atoms with Crippen LogP contribution in [0.25, 0.3) is 10.9 Å². The van der Waals surface area contributed by atoms with Crippen LogP contribution in [0.1, 0.15) is 18.5 Å². The molecule has 1 aliphatic carbocycles. The second kappa shape index (κ2) is 4.97. The lowest BCUT2D eigenvalue weighted by atomic mass is 10.1. The van der Waals surface area contributed by atoms with Crippen molar-refractivity contribution < 1.29 is 9.90 Å². The number of nitrogens with zero attached hydrogens (tertiary/aromatic N) is 1. The van der Waals surface area contributed by atoms with Crippen molar-refractivity contribution >= 4 is 16.9 Å². The van der Waals surface area contributed by atoms with Gasteiger partial charge in [0.1, 0.15) is 6.04 Å². The van der Waals surface area contributed by atoms with E-state index in [2.05, 4.69) is 10.3 Å². The molecule has 1 fully saturated rings. The molecule has 98 valence electrons. The molecule has 0 amide bonds. The summed E-state index contributed by atoms with van der Waals surface area (Å²) in [5, 5.41) is 13.4. The Hall–Kier alpha value is -1.94. The standard InChI is InChI=1S/C15H16N2O2/c18-15(19)14(11-5-6-11)16-9-12-8-7-10-3-1-2-4-13(10)17-12/h1-4,7-8,11,14,16H,5-6,9H2,(H,18,19). The van der Waals surface area contributed by atoms with Crippen molar-refractivity contribution in [2.45, 2.75) is 25.4 Å². The maximum atomic E-state index is 11.1. The minimum Gasteiger partial charge on any atom is -0.480 e. The van der Waals surface area contributed by atoms with E-state index in [-0.39, 0.29) is 5.92 Å². The van der Waals surface area contributed by atoms with Crippen molar-refractivity contribution in [1.29, 1.82) is 0 Å². The summed E-state index contributed by atoms with van der Waals surface area (Å²) in [6.07, 6.45) is 2.02. The van der Waals surface area contributed by atoms with Gasteiger partial charge in [0.15, 0.2) is 0 Å². The molecule has 1 aromatic heterocycles. The van der Waals surface area contributed by atoms with Gasteiger partial charge in [-0.25, -0.2) is 0 Å². The van der Waals surface area contributed by atoms with Gasteiger partial charge >= 0.3 is 5.97 Å². The van der Waals surface area contributed by atoms with Gasteiger partial charge in [-0.3, -0.25) is 15.1 Å². The van der Waals surface area contributed by atoms with Gasteiger partial charge in [-0.15, -0.1) is 0 Å². The van der Waals surface area contributed by atoms with E-state index in [1.165, 1.54) is 0 Å². The fourth-order valence-corrected chi connectivity index (χ4v) is 2.31. The van der Waals surface area contributed by atoms with Crippen molar-refractivity contribution in [3.8, 4) is 0 Å². The lowest BCUT2D eigenvalue weighted by Gasteiger charge is -2.13. The average Bonchev–Trinajstić information content (AvgIpc) is 3.23. The predicted molar refractivity (Wildman–Crippen MR) is 72.7 cm³/mol. The van der Waals surface area contributed by atoms with E-state index >= 15 is 0 Å². The third kappa shape index (κ3) is 2.74. The van der Waals surface area contributed by atoms with Gasteiger partial charge in [-0.2, -0.15) is 0 Å². The van der Waals surface area contributed by atoms with E-state index in [1.807, 2.05) is 36.4 Å². The molecule has 1 atom stereocenters. The molecule has 1 unspecified atom stereocenters. The van der Waals surface area contributed by atoms with Gasteiger partial charge in [0, 0.05) is 11.9 Å². The number of hydrogen-bond donors (Lipinski definition) is 2. The molecule has 19 heavy (non-hydrogen) atoms. The summed E-state index contributed by atoms with van der Waals surface area (Å²) in [5.74, 6) is -0.471. The Balaban J connectivity index is 1.72. The van der Waals surface area contributed by atoms with Crippen molar-refractivity contribution in [1.82, 2.24) is 10.3 Å². The normalized spacial score (nSPS) is 16.4. The maximum Gasteiger partial charge on any atom is 0.320 e. The molecule has 4 nitrogen and oxygen atoms in total. The van der Waals surface area contributed by atoms with Gasteiger partial charge in [0.2, 0.25) is 0 Å². The van der Waals surface area contributed by atoms with Crippen LogP contribution < -0.4 is 5.32 Å². The minimum atomic E-state index is -0.761. The van der Waals surface area contributed by atoms with E-state index < -0.39 is 12.0 Å². The first kappa shape index (κ1) is 12.1. The van der Waals surface area contributed by atoms with Crippen molar-refractivity contribution in [2.24, 2.45) is 5.92 Å². The summed E-state index contributed by atoms with van der Waals surface area (Å²) in [6.45, 7) is 0.498. The molecule has 1 aromatic carbocycles. The van der Waals surface area contributed by atoms with Crippen LogP contribution in [0.3, 0.4) is 0 Å². The highest BCUT2D eigenvalue weighted by molar-refractivity contribution is 5.78. The van der Waals surface area contributed by atoms with E-state index in [4.69, 9.17) is 5.11 Å². The number of aromatic nitrogens is 1. The van der Waals surface area contributed by atoms with E-state index in [9.17, 15) is 4.79 Å². The second-order valence-electron chi connectivity index (χ2n) is 5.03. The van der Waals surface area contributed by atoms with Crippen LogP contribution in [-0.4, -0.2) is 22.1 Å². The lowest BCUT2D eigenvalue weighted by Crippen LogP contribution is -2.38. The molecule has 0 saturated heterocycles. The quantitative estimate of drug-likeness (QED) is 0.860. The number of aliphatic carboxylic acids is 1. The van der Waals surface area contributed by atoms with Gasteiger partial charge < -0.3 is 5.11 Å². The van der Waals surface area contributed by atoms with Crippen LogP contribution in [0.2, 0.25) is 0 Å². The number of carbonyl (C=O) groups is 1. The molecule has 3 rings (SSSR count). The van der Waals surface area contributed by atoms with Gasteiger partial charge in [0.25, 0.3) is 0 Å². The number of para-hydroxylation sites is 1. The molecular formula is C15H16N2O2. The Morgan fingerprint density at radius 2 is 2.11 bits per heavy atom. The molecule has 0 aliphatic heterocycles. The Kier molecular flexibility index (Phi) is 3.17. The number of carboxylic acid groups (broad SMARTS) is 1. The number of benzene rings is 1. The Morgan fingerprint density at radius 3 is 2.84 bits per heavy atom. The molecule has 2 N–H and O–H groups in total. The third-order valence-corrected chi connectivity index (χ3v) is 3.52. The lowest BCUT2D eigenvalue weighted by molar-refractivity contribution is -0.140. The first-order chi connectivity index (χ1) is 9.24. The van der Waals surface area contributed by atoms with E-state index in [0.29, 0.717) is 6.54 Å². The zero-order valence-corrected chi connectivity index (χ0v) is 10.5. The van der Waals surface area contributed by atoms with Crippen LogP contribution >= 0.6 is 0 Å². The predicted octanol–water partition coefficient (Wildman–Crippen LogP) is 2.19. The molecule has 2 aromatic rings. The first-order valence-electron chi connectivity index (χ1n) is 6.55. The highest BCUT2D eigenvalue weighted by atomic mass is 16.4. The van der Waals surface area contributed by atoms with Crippen molar-refractivity contribution in [3.63, 3.8) is 0 Å². The van der Waals surface area contributed by atoms with Crippen LogP contribution in [0.5, 0.6) is 0 Å². The zero-order chi connectivity index (χ0) is 13.2. The minimum absolute atomic E-state index is 0.290. The zero-order valence-electron chi connectivity index (χ0n) is 10.5. The largest absolute Gasteiger partial charge is 0.480 e. The number of carboxylic acids is 1. The Bertz CT molecular complexity index is 608. The van der Waals surface area contributed by atoms with Gasteiger partial charge in [0.05, 0.1) is 11.2 Å². The smallest absolute Gasteiger partial charge is 0.320 e. The molecular weight excluding hydrogens is 240 g/mol. The van der Waals surface area contributed by atoms with Crippen LogP contribution in [0.15, 0.2) is 36.4 Å². The van der Waals surface area contributed by atoms with Crippen LogP contribution in [0, 0.1) is 5.92 Å². The highest BCUT2D eigenvalue weighted by Gasteiger charge is 2.35. The van der Waals surface area contributed by atoms with Crippen molar-refractivity contribution in [2.75, 3.05) is 0 Å². The number of fused-ring (bicyclic) bond motifs is 1. The number of rotatable bonds is 5. The maximum absolute atomic E-state index is 11.1. The SMILES string of the molecule is O=C(O)C(NCc1ccc2ccccc2n1)C1CC1. The van der Waals surface area contributed by atoms with Crippen LogP contribution in [0.4, 0.5) is 0 Å². The summed E-state index contributed by atoms with van der Waals surface area (Å²) < 4.78 is 0. The monoisotopic (exact) mass is 256 g/mol. The number of nitrogens with one attached hydrogen (secondary N) is 1. The summed E-state index contributed by atoms with van der Waals surface area (Å²) in [4.78, 5) is 15.7. The summed E-state index contributed by atoms with van der Waals surface area (Å²) in [7, 11) is 0. The number of hydrogen-bond acceptors (Lipinski definition) is 3. The molecule has 0 spiro atoms. The third-order valence-electron chi connectivity index (χ3n) is 3.52. The average molecular weight is 256 g/mol. The molecule has 1 saturated carbocycles. The molecule has 4 heteroatoms. The van der Waals surface area contributed by atoms with E-state index in [0.717, 1.165) is 29.4 Å². The van der Waals surface area contributed by atoms with E-state index in [1.54, 1.807) is 0 Å². The fourth-order valence-electron chi connectivity index (χ4n) is 2.31. The van der Waals surface area contributed by atoms with Gasteiger partial charge in [-0.05, 0) is 30.9 Å². The highest BCUT2D eigenvalue weighted by Crippen LogP contribution is 2.32. The molecule has 1 aliphatic rings. The van der Waals surface area contributed by atoms with Gasteiger partial charge in [-0.1, -0.05) is 24.3 Å². The fraction of sp³-hybridized carbons (Fsp3) is 0.333. The van der Waals surface area contributed by atoms with Crippen LogP contribution in [-0.2, 0) is 11.3 Å². The summed E-state index contributed by atoms with van der Waals surface area (Å²) in [6, 6.07) is 11.4. The van der Waals surface area contributed by atoms with Crippen molar-refractivity contribution in [3.05, 3.63) is 42.1 Å². The first-order valence-corrected chi connectivity index (χ1v) is 6.55. The molecule has 0 bridgehead atoms. The molecule has 1 heterocycles. The Labute approximate surface area is 111 Å². The number of pyridine rings is 1. The molecule has 0 radical (unpaired) electrons. The topological polar surface area (TPSA) is 62.2 Å². The summed E-state index contributed by atoms with van der Waals surface area (Å²) >= 11 is 0.